The van der Waals surface area contributed by atoms with Gasteiger partial charge in [-0.2, -0.15) is 0 Å². The molecule has 9 heteroatoms. The quantitative estimate of drug-likeness (QED) is 0.524. The van der Waals surface area contributed by atoms with E-state index in [2.05, 4.69) is 0 Å². The number of quaternary nitrogens is 1. The van der Waals surface area contributed by atoms with Gasteiger partial charge in [-0.05, 0) is 6.07 Å². The number of carboxylic acid groups (broad SMARTS) is 1. The number of benzene rings is 1. The number of carboxylic acids is 1. The molecule has 1 fully saturated rings. The summed E-state index contributed by atoms with van der Waals surface area (Å²) in [6.45, 7) is 0. The zero-order valence-corrected chi connectivity index (χ0v) is 11.3. The van der Waals surface area contributed by atoms with Crippen molar-refractivity contribution in [2.24, 2.45) is 0 Å². The molecule has 0 aromatic heterocycles. The summed E-state index contributed by atoms with van der Waals surface area (Å²) in [5.41, 5.74) is 0.0466. The summed E-state index contributed by atoms with van der Waals surface area (Å²) < 4.78 is 4.90. The zero-order valence-electron chi connectivity index (χ0n) is 10.4. The van der Waals surface area contributed by atoms with Crippen LogP contribution in [0.15, 0.2) is 12.1 Å². The first-order chi connectivity index (χ1) is 9.43. The summed E-state index contributed by atoms with van der Waals surface area (Å²) in [7, 11) is 1.29. The monoisotopic (exact) mass is 300 g/mol. The van der Waals surface area contributed by atoms with Crippen LogP contribution in [0.4, 0.5) is 5.69 Å². The van der Waals surface area contributed by atoms with E-state index >= 15 is 0 Å². The van der Waals surface area contributed by atoms with E-state index < -0.39 is 28.4 Å². The smallest absolute Gasteiger partial charge is 0.315 e. The maximum Gasteiger partial charge on any atom is 0.315 e. The number of carbonyl (C=O) groups excluding carboxylic acids is 1. The molecule has 108 valence electrons. The van der Waals surface area contributed by atoms with Gasteiger partial charge >= 0.3 is 5.69 Å². The largest absolute Gasteiger partial charge is 0.544 e. The molecule has 1 saturated heterocycles. The van der Waals surface area contributed by atoms with Gasteiger partial charge in [0, 0.05) is 11.6 Å². The van der Waals surface area contributed by atoms with Crippen LogP contribution in [0.2, 0.25) is 0 Å². The number of phenolic OH excluding ortho intramolecular Hbond substituents is 1. The van der Waals surface area contributed by atoms with E-state index in [1.54, 1.807) is 5.32 Å². The van der Waals surface area contributed by atoms with Crippen LogP contribution in [-0.4, -0.2) is 34.9 Å². The van der Waals surface area contributed by atoms with Crippen LogP contribution in [0, 0.1) is 10.1 Å². The predicted molar refractivity (Wildman–Crippen MR) is 67.2 cm³/mol. The number of phenols is 1. The van der Waals surface area contributed by atoms with Gasteiger partial charge in [-0.1, -0.05) is 11.8 Å². The summed E-state index contributed by atoms with van der Waals surface area (Å²) in [5.74, 6) is -1.37. The van der Waals surface area contributed by atoms with Gasteiger partial charge in [0.05, 0.1) is 17.8 Å². The highest BCUT2D eigenvalue weighted by atomic mass is 32.2. The van der Waals surface area contributed by atoms with E-state index in [0.717, 1.165) is 0 Å². The molecule has 0 aliphatic carbocycles. The fourth-order valence-corrected chi connectivity index (χ4v) is 3.25. The number of hydrogen-bond acceptors (Lipinski definition) is 7. The van der Waals surface area contributed by atoms with Gasteiger partial charge in [0.1, 0.15) is 12.0 Å². The highest BCUT2D eigenvalue weighted by molar-refractivity contribution is 7.99. The molecule has 2 atom stereocenters. The number of methoxy groups -OCH3 is 1. The van der Waals surface area contributed by atoms with E-state index in [4.69, 9.17) is 4.74 Å². The molecule has 20 heavy (non-hydrogen) atoms. The Morgan fingerprint density at radius 1 is 1.60 bits per heavy atom. The lowest BCUT2D eigenvalue weighted by Crippen LogP contribution is -2.90. The number of ether oxygens (including phenoxy) is 1. The number of nitrogens with two attached hydrogens (primary N) is 1. The highest BCUT2D eigenvalue weighted by Crippen LogP contribution is 2.40. The second-order valence-electron chi connectivity index (χ2n) is 4.22. The van der Waals surface area contributed by atoms with Gasteiger partial charge in [-0.15, -0.1) is 0 Å². The van der Waals surface area contributed by atoms with Gasteiger partial charge in [0.15, 0.2) is 11.1 Å². The third-order valence-corrected chi connectivity index (χ3v) is 4.33. The summed E-state index contributed by atoms with van der Waals surface area (Å²) in [5, 5.41) is 32.6. The first kappa shape index (κ1) is 14.4. The molecule has 3 N–H and O–H groups in total. The van der Waals surface area contributed by atoms with Crippen LogP contribution in [0.25, 0.3) is 0 Å². The molecule has 1 aliphatic heterocycles. The average molecular weight is 300 g/mol. The summed E-state index contributed by atoms with van der Waals surface area (Å²) in [4.78, 5) is 21.0. The molecular weight excluding hydrogens is 288 g/mol. The van der Waals surface area contributed by atoms with Crippen molar-refractivity contribution in [1.82, 2.24) is 0 Å². The number of thioether (sulfide) groups is 1. The Labute approximate surface area is 117 Å². The Balaban J connectivity index is 2.35. The predicted octanol–water partition coefficient (Wildman–Crippen LogP) is -1.26. The van der Waals surface area contributed by atoms with Gasteiger partial charge in [0.25, 0.3) is 0 Å². The second-order valence-corrected chi connectivity index (χ2v) is 5.39. The third kappa shape index (κ3) is 2.63. The van der Waals surface area contributed by atoms with E-state index in [0.29, 0.717) is 11.3 Å². The van der Waals surface area contributed by atoms with Crippen molar-refractivity contribution in [3.63, 3.8) is 0 Å². The maximum absolute atomic E-state index is 10.9. The van der Waals surface area contributed by atoms with Crippen molar-refractivity contribution >= 4 is 23.4 Å². The van der Waals surface area contributed by atoms with Crippen LogP contribution >= 0.6 is 11.8 Å². The number of aromatic hydroxyl groups is 1. The second kappa shape index (κ2) is 5.55. The SMILES string of the molecule is COc1cc(C2[NH2+]C(C(=O)[O-])CS2)cc([N+](=O)[O-])c1O. The lowest BCUT2D eigenvalue weighted by molar-refractivity contribution is -0.690. The number of rotatable bonds is 4. The lowest BCUT2D eigenvalue weighted by Gasteiger charge is -2.12. The first-order valence-electron chi connectivity index (χ1n) is 5.66. The van der Waals surface area contributed by atoms with Crippen molar-refractivity contribution in [2.45, 2.75) is 11.4 Å². The van der Waals surface area contributed by atoms with Crippen LogP contribution in [-0.2, 0) is 4.79 Å². The average Bonchev–Trinajstić information content (AvgIpc) is 2.88. The Morgan fingerprint density at radius 3 is 2.80 bits per heavy atom. The molecule has 1 aromatic rings. The fourth-order valence-electron chi connectivity index (χ4n) is 1.96. The van der Waals surface area contributed by atoms with Crippen molar-refractivity contribution in [1.29, 1.82) is 0 Å². The number of carbonyl (C=O) groups is 1. The molecule has 0 amide bonds. The minimum atomic E-state index is -1.17. The Bertz CT molecular complexity index is 564. The number of nitro groups is 1. The van der Waals surface area contributed by atoms with E-state index in [1.165, 1.54) is 31.0 Å². The van der Waals surface area contributed by atoms with E-state index in [-0.39, 0.29) is 11.1 Å². The zero-order chi connectivity index (χ0) is 14.9. The van der Waals surface area contributed by atoms with Gasteiger partial charge in [-0.25, -0.2) is 0 Å². The molecule has 2 unspecified atom stereocenters. The van der Waals surface area contributed by atoms with E-state index in [9.17, 15) is 25.1 Å². The molecule has 0 saturated carbocycles. The van der Waals surface area contributed by atoms with Gasteiger partial charge < -0.3 is 25.1 Å². The molecule has 0 radical (unpaired) electrons. The third-order valence-electron chi connectivity index (χ3n) is 2.99. The minimum absolute atomic E-state index is 0.0138. The number of nitrogens with zero attached hydrogens (tertiary/aromatic N) is 1. The van der Waals surface area contributed by atoms with Gasteiger partial charge in [-0.3, -0.25) is 10.1 Å². The molecule has 2 rings (SSSR count). The minimum Gasteiger partial charge on any atom is -0.544 e. The van der Waals surface area contributed by atoms with Crippen molar-refractivity contribution in [3.8, 4) is 11.5 Å². The molecular formula is C11H12N2O6S. The molecule has 1 aliphatic rings. The van der Waals surface area contributed by atoms with Crippen LogP contribution in [0.3, 0.4) is 0 Å². The fraction of sp³-hybridized carbons (Fsp3) is 0.364. The first-order valence-corrected chi connectivity index (χ1v) is 6.71. The number of aliphatic carboxylic acids is 1. The highest BCUT2D eigenvalue weighted by Gasteiger charge is 2.33. The van der Waals surface area contributed by atoms with E-state index in [1.807, 2.05) is 0 Å². The molecule has 1 heterocycles. The Morgan fingerprint density at radius 2 is 2.30 bits per heavy atom. The topological polar surface area (TPSA) is 129 Å². The number of nitro benzene ring substituents is 1. The van der Waals surface area contributed by atoms with Crippen LogP contribution < -0.4 is 15.2 Å². The normalized spacial score (nSPS) is 21.6. The summed E-state index contributed by atoms with van der Waals surface area (Å²) in [6.07, 6.45) is 0. The lowest BCUT2D eigenvalue weighted by atomic mass is 10.1. The van der Waals surface area contributed by atoms with Gasteiger partial charge in [0.2, 0.25) is 5.75 Å². The molecule has 8 nitrogen and oxygen atoms in total. The molecule has 0 bridgehead atoms. The van der Waals surface area contributed by atoms with Crippen LogP contribution in [0.1, 0.15) is 10.9 Å². The van der Waals surface area contributed by atoms with Crippen molar-refractivity contribution < 1.29 is 30.0 Å². The molecule has 0 spiro atoms. The van der Waals surface area contributed by atoms with Crippen LogP contribution in [0.5, 0.6) is 11.5 Å². The molecule has 1 aromatic carbocycles. The summed E-state index contributed by atoms with van der Waals surface area (Å²) in [6, 6.07) is 2.00. The number of hydrogen-bond donors (Lipinski definition) is 2. The Hall–Kier alpha value is -2.00. The summed E-state index contributed by atoms with van der Waals surface area (Å²) >= 11 is 1.34. The van der Waals surface area contributed by atoms with Crippen molar-refractivity contribution in [2.75, 3.05) is 12.9 Å². The van der Waals surface area contributed by atoms with Crippen molar-refractivity contribution in [3.05, 3.63) is 27.8 Å². The Kier molecular flexibility index (Phi) is 4.00. The maximum atomic E-state index is 10.9. The standard InChI is InChI=1S/C11H12N2O6S/c1-19-8-3-5(2-7(9(8)14)13(17)18)10-12-6(4-20-10)11(15)16/h2-3,6,10,12,14H,4H2,1H3,(H,15,16).